The molecule has 140 valence electrons. The molecule has 2 rings (SSSR count). The van der Waals surface area contributed by atoms with Crippen LogP contribution in [0.25, 0.3) is 5.76 Å². The van der Waals surface area contributed by atoms with Crippen LogP contribution >= 0.6 is 0 Å². The summed E-state index contributed by atoms with van der Waals surface area (Å²) in [5, 5.41) is 8.93. The molecular weight excluding hydrogens is 333 g/mol. The summed E-state index contributed by atoms with van der Waals surface area (Å²) in [4.78, 5) is 0. The van der Waals surface area contributed by atoms with Crippen molar-refractivity contribution in [1.82, 2.24) is 0 Å². The molecule has 0 aliphatic rings. The highest BCUT2D eigenvalue weighted by atomic mass is 16.5. The van der Waals surface area contributed by atoms with E-state index in [1.54, 1.807) is 14.0 Å². The minimum absolute atomic E-state index is 0.546. The van der Waals surface area contributed by atoms with Gasteiger partial charge in [-0.2, -0.15) is 5.26 Å². The molecule has 3 nitrogen and oxygen atoms in total. The molecule has 0 aliphatic heterocycles. The van der Waals surface area contributed by atoms with Gasteiger partial charge in [-0.25, -0.2) is 0 Å². The number of methoxy groups -OCH3 is 1. The number of nitriles is 1. The number of allylic oxidation sites excluding steroid dienone is 1. The third-order valence-electron chi connectivity index (χ3n) is 3.79. The number of benzene rings is 2. The zero-order valence-electron chi connectivity index (χ0n) is 16.7. The van der Waals surface area contributed by atoms with Crippen LogP contribution in [0.4, 0.5) is 0 Å². The maximum absolute atomic E-state index is 8.93. The molecule has 2 aromatic carbocycles. The molecule has 0 saturated carbocycles. The molecule has 27 heavy (non-hydrogen) atoms. The van der Waals surface area contributed by atoms with Gasteiger partial charge in [0.25, 0.3) is 0 Å². The van der Waals surface area contributed by atoms with Gasteiger partial charge in [0.1, 0.15) is 17.3 Å². The lowest BCUT2D eigenvalue weighted by Gasteiger charge is -2.09. The first-order valence-corrected chi connectivity index (χ1v) is 9.20. The summed E-state index contributed by atoms with van der Waals surface area (Å²) in [5.41, 5.74) is 1.40. The summed E-state index contributed by atoms with van der Waals surface area (Å²) in [5.74, 6) is 2.93. The van der Waals surface area contributed by atoms with Crippen molar-refractivity contribution in [1.29, 1.82) is 5.26 Å². The smallest absolute Gasteiger partial charge is 0.139 e. The molecule has 2 radical (unpaired) electrons. The van der Waals surface area contributed by atoms with Gasteiger partial charge < -0.3 is 9.47 Å². The number of rotatable bonds is 7. The van der Waals surface area contributed by atoms with Gasteiger partial charge in [0.2, 0.25) is 0 Å². The standard InChI is InChI=1S/C17H15NO2.C6H13B/c1-13(12-18)17(19-2)14-8-10-16(11-9-14)20-15-6-4-3-5-7-15;1-6(2)4-3-5-7/h3-11H,1-2H3;6H,3-5H2,1-2H3/b17-13-;. The third kappa shape index (κ3) is 8.51. The van der Waals surface area contributed by atoms with Crippen molar-refractivity contribution in [3.63, 3.8) is 0 Å². The molecule has 2 aromatic rings. The highest BCUT2D eigenvalue weighted by molar-refractivity contribution is 6.08. The Morgan fingerprint density at radius 3 is 2.07 bits per heavy atom. The molecule has 0 aromatic heterocycles. The van der Waals surface area contributed by atoms with Crippen LogP contribution in [0.2, 0.25) is 6.32 Å². The largest absolute Gasteiger partial charge is 0.495 e. The zero-order chi connectivity index (χ0) is 20.1. The second-order valence-corrected chi connectivity index (χ2v) is 6.53. The number of hydrogen-bond donors (Lipinski definition) is 0. The average molecular weight is 361 g/mol. The van der Waals surface area contributed by atoms with E-state index in [0.29, 0.717) is 11.3 Å². The van der Waals surface area contributed by atoms with E-state index in [0.717, 1.165) is 29.3 Å². The van der Waals surface area contributed by atoms with E-state index in [4.69, 9.17) is 22.6 Å². The fraction of sp³-hybridized carbons (Fsp3) is 0.348. The molecule has 0 aliphatic carbocycles. The molecule has 0 atom stereocenters. The Morgan fingerprint density at radius 1 is 1.04 bits per heavy atom. The van der Waals surface area contributed by atoms with E-state index in [1.807, 2.05) is 54.6 Å². The Hall–Kier alpha value is -2.67. The molecule has 0 amide bonds. The Labute approximate surface area is 165 Å². The van der Waals surface area contributed by atoms with Gasteiger partial charge in [0.05, 0.1) is 26.6 Å². The molecule has 0 spiro atoms. The summed E-state index contributed by atoms with van der Waals surface area (Å²) >= 11 is 0. The molecular formula is C23H28BNO2. The molecule has 0 fully saturated rings. The Balaban J connectivity index is 0.000000445. The maximum atomic E-state index is 8.93. The van der Waals surface area contributed by atoms with Crippen LogP contribution in [0.15, 0.2) is 60.2 Å². The van der Waals surface area contributed by atoms with Gasteiger partial charge >= 0.3 is 0 Å². The van der Waals surface area contributed by atoms with E-state index in [9.17, 15) is 0 Å². The van der Waals surface area contributed by atoms with Crippen molar-refractivity contribution >= 4 is 13.6 Å². The van der Waals surface area contributed by atoms with E-state index < -0.39 is 0 Å². The van der Waals surface area contributed by atoms with E-state index in [-0.39, 0.29) is 0 Å². The zero-order valence-corrected chi connectivity index (χ0v) is 16.7. The van der Waals surface area contributed by atoms with Crippen molar-refractivity contribution in [2.24, 2.45) is 5.92 Å². The second-order valence-electron chi connectivity index (χ2n) is 6.53. The van der Waals surface area contributed by atoms with Crippen molar-refractivity contribution in [2.45, 2.75) is 39.9 Å². The SMILES string of the molecule is CO/C(=C(/C)C#N)c1ccc(Oc2ccccc2)cc1.[B]CCCC(C)C. The summed E-state index contributed by atoms with van der Waals surface area (Å²) in [7, 11) is 6.84. The summed E-state index contributed by atoms with van der Waals surface area (Å²) in [6.45, 7) is 6.17. The summed E-state index contributed by atoms with van der Waals surface area (Å²) < 4.78 is 11.0. The molecule has 0 N–H and O–H groups in total. The second kappa shape index (κ2) is 12.6. The fourth-order valence-electron chi connectivity index (χ4n) is 2.36. The molecule has 4 heteroatoms. The average Bonchev–Trinajstić information content (AvgIpc) is 2.69. The van der Waals surface area contributed by atoms with Crippen LogP contribution in [0.3, 0.4) is 0 Å². The summed E-state index contributed by atoms with van der Waals surface area (Å²) in [6, 6.07) is 19.1. The quantitative estimate of drug-likeness (QED) is 0.326. The fourth-order valence-corrected chi connectivity index (χ4v) is 2.36. The number of ether oxygens (including phenoxy) is 2. The highest BCUT2D eigenvalue weighted by Gasteiger charge is 2.06. The molecule has 0 bridgehead atoms. The first-order chi connectivity index (χ1) is 13.0. The molecule has 0 saturated heterocycles. The van der Waals surface area contributed by atoms with Gasteiger partial charge in [-0.05, 0) is 49.2 Å². The first-order valence-electron chi connectivity index (χ1n) is 9.20. The van der Waals surface area contributed by atoms with Gasteiger partial charge in [0.15, 0.2) is 0 Å². The van der Waals surface area contributed by atoms with Crippen LogP contribution in [0.5, 0.6) is 11.5 Å². The Morgan fingerprint density at radius 2 is 1.63 bits per heavy atom. The molecule has 0 heterocycles. The number of nitrogens with zero attached hydrogens (tertiary/aromatic N) is 1. The lowest BCUT2D eigenvalue weighted by molar-refractivity contribution is 0.368. The number of hydrogen-bond acceptors (Lipinski definition) is 3. The van der Waals surface area contributed by atoms with Crippen LogP contribution < -0.4 is 4.74 Å². The normalized spacial score (nSPS) is 11.0. The topological polar surface area (TPSA) is 42.2 Å². The first kappa shape index (κ1) is 22.4. The number of para-hydroxylation sites is 1. The van der Waals surface area contributed by atoms with Crippen molar-refractivity contribution in [3.8, 4) is 17.6 Å². The van der Waals surface area contributed by atoms with E-state index in [1.165, 1.54) is 12.8 Å². The lowest BCUT2D eigenvalue weighted by Crippen LogP contribution is -1.91. The third-order valence-corrected chi connectivity index (χ3v) is 3.79. The van der Waals surface area contributed by atoms with Gasteiger partial charge in [-0.3, -0.25) is 0 Å². The predicted molar refractivity (Wildman–Crippen MR) is 113 cm³/mol. The van der Waals surface area contributed by atoms with Crippen molar-refractivity contribution in [2.75, 3.05) is 7.11 Å². The van der Waals surface area contributed by atoms with Crippen molar-refractivity contribution in [3.05, 3.63) is 65.7 Å². The Bertz CT molecular complexity index is 731. The van der Waals surface area contributed by atoms with Crippen LogP contribution in [0, 0.1) is 17.2 Å². The Kier molecular flexibility index (Phi) is 10.5. The van der Waals surface area contributed by atoms with E-state index in [2.05, 4.69) is 19.9 Å². The lowest BCUT2D eigenvalue weighted by atomic mass is 9.96. The predicted octanol–water partition coefficient (Wildman–Crippen LogP) is 6.39. The van der Waals surface area contributed by atoms with Gasteiger partial charge in [0, 0.05) is 5.56 Å². The van der Waals surface area contributed by atoms with Gasteiger partial charge in [-0.1, -0.05) is 51.2 Å². The van der Waals surface area contributed by atoms with Crippen LogP contribution in [0.1, 0.15) is 39.2 Å². The highest BCUT2D eigenvalue weighted by Crippen LogP contribution is 2.25. The molecule has 0 unspecified atom stereocenters. The minimum Gasteiger partial charge on any atom is -0.495 e. The van der Waals surface area contributed by atoms with Gasteiger partial charge in [-0.15, -0.1) is 0 Å². The maximum Gasteiger partial charge on any atom is 0.139 e. The summed E-state index contributed by atoms with van der Waals surface area (Å²) in [6.07, 6.45) is 3.30. The van der Waals surface area contributed by atoms with E-state index >= 15 is 0 Å². The minimum atomic E-state index is 0.546. The van der Waals surface area contributed by atoms with Crippen LogP contribution in [-0.2, 0) is 4.74 Å². The monoisotopic (exact) mass is 361 g/mol. The van der Waals surface area contributed by atoms with Crippen molar-refractivity contribution < 1.29 is 9.47 Å². The van der Waals surface area contributed by atoms with Crippen LogP contribution in [-0.4, -0.2) is 15.0 Å².